The van der Waals surface area contributed by atoms with E-state index in [1.54, 1.807) is 24.3 Å². The summed E-state index contributed by atoms with van der Waals surface area (Å²) in [6.07, 6.45) is 2.13. The highest BCUT2D eigenvalue weighted by molar-refractivity contribution is 7.89. The van der Waals surface area contributed by atoms with Gasteiger partial charge in [0.05, 0.1) is 55.5 Å². The smallest absolute Gasteiger partial charge is 0.306 e. The van der Waals surface area contributed by atoms with Crippen LogP contribution in [0, 0.1) is 0 Å². The topological polar surface area (TPSA) is 109 Å². The number of para-hydroxylation sites is 1. The van der Waals surface area contributed by atoms with E-state index in [0.29, 0.717) is 36.5 Å². The Bertz CT molecular complexity index is 2670. The molecule has 0 saturated carbocycles. The van der Waals surface area contributed by atoms with E-state index in [9.17, 15) is 13.2 Å². The third-order valence-electron chi connectivity index (χ3n) is 11.9. The van der Waals surface area contributed by atoms with E-state index in [4.69, 9.17) is 23.9 Å². The lowest BCUT2D eigenvalue weighted by atomic mass is 9.76. The molecule has 0 amide bonds. The largest absolute Gasteiger partial charge is 0.488 e. The molecule has 7 aromatic rings. The van der Waals surface area contributed by atoms with E-state index in [1.165, 1.54) is 22.8 Å². The highest BCUT2D eigenvalue weighted by atomic mass is 32.2. The normalized spacial score (nSPS) is 17.9. The first-order valence-electron chi connectivity index (χ1n) is 20.5. The first-order chi connectivity index (χ1) is 29.7. The molecule has 2 atom stereocenters. The van der Waals surface area contributed by atoms with Crippen LogP contribution in [0.2, 0.25) is 0 Å². The molecular weight excluding hydrogens is 807 g/mol. The molecule has 1 fully saturated rings. The summed E-state index contributed by atoms with van der Waals surface area (Å²) in [6, 6.07) is 46.0. The molecule has 2 aliphatic heterocycles. The molecule has 312 valence electrons. The highest BCUT2D eigenvalue weighted by Gasteiger charge is 2.41. The number of aromatic nitrogens is 2. The Morgan fingerprint density at radius 2 is 1.48 bits per heavy atom. The number of hydrogen-bond acceptors (Lipinski definition) is 9. The van der Waals surface area contributed by atoms with E-state index < -0.39 is 27.3 Å². The molecule has 9 rings (SSSR count). The second kappa shape index (κ2) is 16.7. The summed E-state index contributed by atoms with van der Waals surface area (Å²) in [5.74, 6) is -1.41. The molecule has 0 radical (unpaired) electrons. The maximum Gasteiger partial charge on any atom is 0.306 e. The van der Waals surface area contributed by atoms with E-state index in [0.717, 1.165) is 37.5 Å². The summed E-state index contributed by atoms with van der Waals surface area (Å²) < 4.78 is 56.8. The maximum atomic E-state index is 14.7. The Kier molecular flexibility index (Phi) is 11.1. The molecule has 4 heterocycles. The van der Waals surface area contributed by atoms with Gasteiger partial charge in [0, 0.05) is 17.3 Å². The second-order valence-corrected chi connectivity index (χ2v) is 18.6. The zero-order valence-electron chi connectivity index (χ0n) is 34.3. The number of carbonyl (C=O) groups excluding carboxylic acids is 1. The van der Waals surface area contributed by atoms with E-state index in [2.05, 4.69) is 47.0 Å². The summed E-state index contributed by atoms with van der Waals surface area (Å²) in [6.45, 7) is 5.03. The van der Waals surface area contributed by atoms with Crippen molar-refractivity contribution in [2.45, 2.75) is 61.5 Å². The Morgan fingerprint density at radius 1 is 0.869 bits per heavy atom. The summed E-state index contributed by atoms with van der Waals surface area (Å²) in [7, 11) is -2.63. The number of carbonyl (C=O) groups is 1. The molecule has 0 N–H and O–H groups in total. The quantitative estimate of drug-likeness (QED) is 0.0885. The first-order valence-corrected chi connectivity index (χ1v) is 22.8. The van der Waals surface area contributed by atoms with Gasteiger partial charge < -0.3 is 23.5 Å². The molecule has 1 unspecified atom stereocenters. The van der Waals surface area contributed by atoms with Gasteiger partial charge in [-0.2, -0.15) is 4.31 Å². The van der Waals surface area contributed by atoms with Gasteiger partial charge in [-0.15, -0.1) is 11.3 Å². The second-order valence-electron chi connectivity index (χ2n) is 15.5. The van der Waals surface area contributed by atoms with Crippen molar-refractivity contribution >= 4 is 38.4 Å². The van der Waals surface area contributed by atoms with Gasteiger partial charge >= 0.3 is 5.97 Å². The monoisotopic (exact) mass is 853 g/mol. The summed E-state index contributed by atoms with van der Waals surface area (Å²) in [5.41, 5.74) is 4.99. The lowest BCUT2D eigenvalue weighted by Gasteiger charge is -2.38. The molecule has 1 saturated heterocycles. The predicted molar refractivity (Wildman–Crippen MR) is 235 cm³/mol. The van der Waals surface area contributed by atoms with Crippen LogP contribution < -0.4 is 4.74 Å². The molecule has 10 nitrogen and oxygen atoms in total. The van der Waals surface area contributed by atoms with Crippen molar-refractivity contribution in [3.63, 3.8) is 0 Å². The van der Waals surface area contributed by atoms with Gasteiger partial charge in [0.25, 0.3) is 0 Å². The zero-order valence-corrected chi connectivity index (χ0v) is 35.9. The molecule has 2 aliphatic rings. The van der Waals surface area contributed by atoms with E-state index >= 15 is 0 Å². The fourth-order valence-corrected chi connectivity index (χ4v) is 11.6. The average Bonchev–Trinajstić information content (AvgIpc) is 4.07. The van der Waals surface area contributed by atoms with E-state index in [-0.39, 0.29) is 36.5 Å². The van der Waals surface area contributed by atoms with Crippen LogP contribution in [0.5, 0.6) is 5.75 Å². The molecular formula is C49H47N3O7S2. The number of nitrogens with zero attached hydrogens (tertiary/aromatic N) is 3. The molecule has 0 bridgehead atoms. The SMILES string of the molecule is CC[C@@H]1CN(Cc2cc(C(CC(=O)OC)c3ccc(C4(C)OCCO4)s3)cc3c2ncn3C(c2ccccc2)(c2ccccc2)c2ccccc2)S(=O)(=O)c2ccccc2O1. The third-order valence-corrected chi connectivity index (χ3v) is 15.2. The fourth-order valence-electron chi connectivity index (χ4n) is 8.82. The first kappa shape index (κ1) is 40.8. The minimum Gasteiger partial charge on any atom is -0.488 e. The predicted octanol–water partition coefficient (Wildman–Crippen LogP) is 9.21. The van der Waals surface area contributed by atoms with Gasteiger partial charge in [0.1, 0.15) is 22.3 Å². The lowest BCUT2D eigenvalue weighted by Crippen LogP contribution is -2.37. The van der Waals surface area contributed by atoms with Crippen molar-refractivity contribution in [1.82, 2.24) is 13.9 Å². The lowest BCUT2D eigenvalue weighted by molar-refractivity contribution is -0.147. The van der Waals surface area contributed by atoms with Gasteiger partial charge in [0.15, 0.2) is 0 Å². The molecule has 0 spiro atoms. The Morgan fingerprint density at radius 3 is 2.08 bits per heavy atom. The Balaban J connectivity index is 1.32. The van der Waals surface area contributed by atoms with Gasteiger partial charge in [-0.1, -0.05) is 116 Å². The minimum atomic E-state index is -4.03. The number of esters is 1. The van der Waals surface area contributed by atoms with Crippen LogP contribution in [-0.4, -0.2) is 61.2 Å². The van der Waals surface area contributed by atoms with Crippen molar-refractivity contribution in [2.24, 2.45) is 0 Å². The molecule has 0 aliphatic carbocycles. The number of methoxy groups -OCH3 is 1. The van der Waals surface area contributed by atoms with Crippen LogP contribution in [0.1, 0.15) is 70.2 Å². The molecule has 61 heavy (non-hydrogen) atoms. The summed E-state index contributed by atoms with van der Waals surface area (Å²) >= 11 is 1.53. The summed E-state index contributed by atoms with van der Waals surface area (Å²) in [5, 5.41) is 0. The van der Waals surface area contributed by atoms with Gasteiger partial charge in [-0.05, 0) is 71.5 Å². The maximum absolute atomic E-state index is 14.7. The molecule has 2 aromatic heterocycles. The standard InChI is InChI=1S/C49H47N3O7S2/c1-4-39-32-51(61(54,55)44-23-15-14-22-42(44)59-39)31-35-28-34(40(30-46(53)56-3)43-24-25-45(60-43)48(2)57-26-27-58-48)29-41-47(35)50-33-52(41)49(36-16-8-5-9-17-36,37-18-10-6-11-19-37)38-20-12-7-13-21-38/h5-25,28-29,33,39-40H,4,26-27,30-32H2,1-3H3/t39-,40?/m1/s1. The van der Waals surface area contributed by atoms with E-state index in [1.807, 2.05) is 93.0 Å². The van der Waals surface area contributed by atoms with Crippen LogP contribution in [0.25, 0.3) is 11.0 Å². The van der Waals surface area contributed by atoms with Crippen LogP contribution in [-0.2, 0) is 46.9 Å². The van der Waals surface area contributed by atoms with Crippen molar-refractivity contribution < 1.29 is 32.2 Å². The number of ether oxygens (including phenoxy) is 4. The Labute approximate surface area is 360 Å². The minimum absolute atomic E-state index is 0.00722. The van der Waals surface area contributed by atoms with Crippen LogP contribution in [0.3, 0.4) is 0 Å². The number of fused-ring (bicyclic) bond motifs is 2. The zero-order chi connectivity index (χ0) is 42.2. The van der Waals surface area contributed by atoms with Crippen LogP contribution >= 0.6 is 11.3 Å². The number of hydrogen-bond donors (Lipinski definition) is 0. The van der Waals surface area contributed by atoms with Crippen molar-refractivity contribution in [3.05, 3.63) is 183 Å². The molecule has 12 heteroatoms. The number of sulfonamides is 1. The number of benzene rings is 5. The van der Waals surface area contributed by atoms with Crippen molar-refractivity contribution in [3.8, 4) is 5.75 Å². The summed E-state index contributed by atoms with van der Waals surface area (Å²) in [4.78, 5) is 20.5. The van der Waals surface area contributed by atoms with Gasteiger partial charge in [-0.3, -0.25) is 4.79 Å². The van der Waals surface area contributed by atoms with Gasteiger partial charge in [-0.25, -0.2) is 13.4 Å². The number of rotatable bonds is 12. The molecule has 5 aromatic carbocycles. The van der Waals surface area contributed by atoms with Gasteiger partial charge in [0.2, 0.25) is 15.8 Å². The third kappa shape index (κ3) is 7.36. The highest BCUT2D eigenvalue weighted by Crippen LogP contribution is 2.46. The van der Waals surface area contributed by atoms with Crippen LogP contribution in [0.15, 0.2) is 151 Å². The van der Waals surface area contributed by atoms with Crippen molar-refractivity contribution in [2.75, 3.05) is 26.9 Å². The van der Waals surface area contributed by atoms with Crippen molar-refractivity contribution in [1.29, 1.82) is 0 Å². The van der Waals surface area contributed by atoms with Crippen LogP contribution in [0.4, 0.5) is 0 Å². The average molecular weight is 854 g/mol. The Hall–Kier alpha value is -5.63. The number of thiophene rings is 1. The number of imidazole rings is 1. The fraction of sp³-hybridized carbons (Fsp3) is 0.265.